The Balaban J connectivity index is 1.88. The highest BCUT2D eigenvalue weighted by Crippen LogP contribution is 2.25. The molecule has 1 fully saturated rings. The first-order valence-electron chi connectivity index (χ1n) is 6.14. The minimum Gasteiger partial charge on any atom is -0.375 e. The molecule has 1 saturated heterocycles. The summed E-state index contributed by atoms with van der Waals surface area (Å²) in [4.78, 5) is 4.37. The van der Waals surface area contributed by atoms with Crippen molar-refractivity contribution < 1.29 is 4.74 Å². The Morgan fingerprint density at radius 3 is 3.17 bits per heavy atom. The lowest BCUT2D eigenvalue weighted by Crippen LogP contribution is -2.34. The fourth-order valence-electron chi connectivity index (χ4n) is 2.22. The van der Waals surface area contributed by atoms with Crippen LogP contribution in [0.3, 0.4) is 0 Å². The van der Waals surface area contributed by atoms with Gasteiger partial charge in [0.15, 0.2) is 0 Å². The summed E-state index contributed by atoms with van der Waals surface area (Å²) in [6, 6.07) is 10.2. The van der Waals surface area contributed by atoms with Crippen LogP contribution in [0.25, 0.3) is 10.9 Å². The molecule has 1 aromatic heterocycles. The molecule has 3 nitrogen and oxygen atoms in total. The summed E-state index contributed by atoms with van der Waals surface area (Å²) >= 11 is 1.91. The molecule has 0 aliphatic carbocycles. The van der Waals surface area contributed by atoms with Gasteiger partial charge in [-0.15, -0.1) is 0 Å². The SMILES string of the molecule is NC(c1ccc2cccnc2c1)C1CSCCO1. The molecule has 0 spiro atoms. The van der Waals surface area contributed by atoms with Crippen molar-refractivity contribution in [2.75, 3.05) is 18.1 Å². The van der Waals surface area contributed by atoms with Crippen LogP contribution in [-0.2, 0) is 4.74 Å². The van der Waals surface area contributed by atoms with E-state index in [1.807, 2.05) is 24.0 Å². The second kappa shape index (κ2) is 5.26. The topological polar surface area (TPSA) is 48.1 Å². The molecule has 1 aliphatic heterocycles. The summed E-state index contributed by atoms with van der Waals surface area (Å²) in [7, 11) is 0. The lowest BCUT2D eigenvalue weighted by molar-refractivity contribution is 0.0569. The fourth-order valence-corrected chi connectivity index (χ4v) is 3.14. The van der Waals surface area contributed by atoms with Gasteiger partial charge in [0.05, 0.1) is 24.3 Å². The van der Waals surface area contributed by atoms with Crippen LogP contribution in [0.1, 0.15) is 11.6 Å². The highest BCUT2D eigenvalue weighted by atomic mass is 32.2. The zero-order chi connectivity index (χ0) is 12.4. The number of hydrogen-bond donors (Lipinski definition) is 1. The number of fused-ring (bicyclic) bond motifs is 1. The van der Waals surface area contributed by atoms with Crippen LogP contribution in [0.15, 0.2) is 36.5 Å². The zero-order valence-electron chi connectivity index (χ0n) is 10.1. The predicted molar refractivity (Wildman–Crippen MR) is 75.7 cm³/mol. The Morgan fingerprint density at radius 2 is 2.33 bits per heavy atom. The van der Waals surface area contributed by atoms with Crippen molar-refractivity contribution in [3.8, 4) is 0 Å². The molecule has 0 saturated carbocycles. The summed E-state index contributed by atoms with van der Waals surface area (Å²) in [5.74, 6) is 2.05. The maximum absolute atomic E-state index is 6.29. The number of ether oxygens (including phenoxy) is 1. The number of hydrogen-bond acceptors (Lipinski definition) is 4. The summed E-state index contributed by atoms with van der Waals surface area (Å²) in [6.45, 7) is 0.800. The van der Waals surface area contributed by atoms with Crippen LogP contribution in [0.4, 0.5) is 0 Å². The standard InChI is InChI=1S/C14H16N2OS/c15-14(13-9-18-7-6-17-13)11-4-3-10-2-1-5-16-12(10)8-11/h1-5,8,13-14H,6-7,9,15H2. The molecule has 2 aromatic rings. The second-order valence-electron chi connectivity index (χ2n) is 4.47. The number of nitrogens with zero attached hydrogens (tertiary/aromatic N) is 1. The molecule has 0 radical (unpaired) electrons. The van der Waals surface area contributed by atoms with E-state index in [-0.39, 0.29) is 12.1 Å². The van der Waals surface area contributed by atoms with Crippen molar-refractivity contribution in [2.45, 2.75) is 12.1 Å². The molecular weight excluding hydrogens is 244 g/mol. The normalized spacial score (nSPS) is 21.9. The molecule has 0 bridgehead atoms. The van der Waals surface area contributed by atoms with Crippen LogP contribution in [0.2, 0.25) is 0 Å². The Labute approximate surface area is 111 Å². The molecule has 3 rings (SSSR count). The minimum atomic E-state index is -0.0655. The average molecular weight is 260 g/mol. The zero-order valence-corrected chi connectivity index (χ0v) is 10.9. The number of aromatic nitrogens is 1. The minimum absolute atomic E-state index is 0.0655. The highest BCUT2D eigenvalue weighted by molar-refractivity contribution is 7.99. The number of pyridine rings is 1. The number of rotatable bonds is 2. The van der Waals surface area contributed by atoms with E-state index in [9.17, 15) is 0 Å². The first kappa shape index (κ1) is 12.0. The Bertz CT molecular complexity index is 540. The maximum Gasteiger partial charge on any atom is 0.0858 e. The molecule has 2 unspecified atom stereocenters. The molecule has 2 atom stereocenters. The number of thioether (sulfide) groups is 1. The first-order chi connectivity index (χ1) is 8.84. The van der Waals surface area contributed by atoms with Gasteiger partial charge in [0, 0.05) is 23.1 Å². The van der Waals surface area contributed by atoms with E-state index in [4.69, 9.17) is 10.5 Å². The number of nitrogens with two attached hydrogens (primary N) is 1. The van der Waals surface area contributed by atoms with Gasteiger partial charge >= 0.3 is 0 Å². The van der Waals surface area contributed by atoms with Gasteiger partial charge in [-0.25, -0.2) is 0 Å². The Hall–Kier alpha value is -1.10. The van der Waals surface area contributed by atoms with Gasteiger partial charge in [-0.1, -0.05) is 18.2 Å². The molecular formula is C14H16N2OS. The van der Waals surface area contributed by atoms with Crippen molar-refractivity contribution in [1.82, 2.24) is 4.98 Å². The van der Waals surface area contributed by atoms with Crippen molar-refractivity contribution in [3.05, 3.63) is 42.1 Å². The monoisotopic (exact) mass is 260 g/mol. The van der Waals surface area contributed by atoms with Crippen LogP contribution in [-0.4, -0.2) is 29.2 Å². The summed E-state index contributed by atoms with van der Waals surface area (Å²) in [5.41, 5.74) is 8.39. The van der Waals surface area contributed by atoms with E-state index in [0.29, 0.717) is 0 Å². The van der Waals surface area contributed by atoms with Gasteiger partial charge in [-0.3, -0.25) is 4.98 Å². The summed E-state index contributed by atoms with van der Waals surface area (Å²) in [5, 5.41) is 1.15. The quantitative estimate of drug-likeness (QED) is 0.900. The molecule has 1 aliphatic rings. The summed E-state index contributed by atoms with van der Waals surface area (Å²) in [6.07, 6.45) is 1.93. The molecule has 4 heteroatoms. The van der Waals surface area contributed by atoms with Crippen LogP contribution in [0.5, 0.6) is 0 Å². The van der Waals surface area contributed by atoms with Crippen LogP contribution < -0.4 is 5.73 Å². The van der Waals surface area contributed by atoms with Gasteiger partial charge in [-0.05, 0) is 17.7 Å². The fraction of sp³-hybridized carbons (Fsp3) is 0.357. The van der Waals surface area contributed by atoms with E-state index >= 15 is 0 Å². The largest absolute Gasteiger partial charge is 0.375 e. The molecule has 2 heterocycles. The maximum atomic E-state index is 6.29. The number of benzene rings is 1. The summed E-state index contributed by atoms with van der Waals surface area (Å²) < 4.78 is 5.74. The smallest absolute Gasteiger partial charge is 0.0858 e. The third kappa shape index (κ3) is 2.36. The lowest BCUT2D eigenvalue weighted by Gasteiger charge is -2.27. The average Bonchev–Trinajstić information content (AvgIpc) is 2.47. The molecule has 18 heavy (non-hydrogen) atoms. The lowest BCUT2D eigenvalue weighted by atomic mass is 10.0. The van der Waals surface area contributed by atoms with Crippen molar-refractivity contribution >= 4 is 22.7 Å². The molecule has 1 aromatic carbocycles. The Kier molecular flexibility index (Phi) is 3.50. The van der Waals surface area contributed by atoms with Crippen molar-refractivity contribution in [3.63, 3.8) is 0 Å². The van der Waals surface area contributed by atoms with E-state index in [0.717, 1.165) is 34.6 Å². The van der Waals surface area contributed by atoms with Gasteiger partial charge in [0.1, 0.15) is 0 Å². The first-order valence-corrected chi connectivity index (χ1v) is 7.30. The van der Waals surface area contributed by atoms with Crippen LogP contribution in [0, 0.1) is 0 Å². The highest BCUT2D eigenvalue weighted by Gasteiger charge is 2.23. The van der Waals surface area contributed by atoms with Crippen molar-refractivity contribution in [1.29, 1.82) is 0 Å². The predicted octanol–water partition coefficient (Wildman–Crippen LogP) is 2.37. The third-order valence-electron chi connectivity index (χ3n) is 3.26. The van der Waals surface area contributed by atoms with E-state index in [1.165, 1.54) is 0 Å². The van der Waals surface area contributed by atoms with Gasteiger partial charge < -0.3 is 10.5 Å². The second-order valence-corrected chi connectivity index (χ2v) is 5.62. The van der Waals surface area contributed by atoms with E-state index in [1.54, 1.807) is 0 Å². The third-order valence-corrected chi connectivity index (χ3v) is 4.28. The van der Waals surface area contributed by atoms with Gasteiger partial charge in [0.2, 0.25) is 0 Å². The molecule has 2 N–H and O–H groups in total. The molecule has 94 valence electrons. The van der Waals surface area contributed by atoms with Crippen molar-refractivity contribution in [2.24, 2.45) is 5.73 Å². The van der Waals surface area contributed by atoms with E-state index in [2.05, 4.69) is 29.2 Å². The molecule has 0 amide bonds. The van der Waals surface area contributed by atoms with Gasteiger partial charge in [-0.2, -0.15) is 11.8 Å². The Morgan fingerprint density at radius 1 is 1.39 bits per heavy atom. The van der Waals surface area contributed by atoms with E-state index < -0.39 is 0 Å². The van der Waals surface area contributed by atoms with Crippen LogP contribution >= 0.6 is 11.8 Å². The van der Waals surface area contributed by atoms with Gasteiger partial charge in [0.25, 0.3) is 0 Å².